The van der Waals surface area contributed by atoms with E-state index in [1.807, 2.05) is 19.3 Å². The van der Waals surface area contributed by atoms with Crippen molar-refractivity contribution in [2.75, 3.05) is 7.11 Å². The van der Waals surface area contributed by atoms with Crippen molar-refractivity contribution in [1.82, 2.24) is 15.3 Å². The molecule has 94 valence electrons. The third-order valence-electron chi connectivity index (χ3n) is 3.39. The smallest absolute Gasteiger partial charge is 0.0724 e. The Kier molecular flexibility index (Phi) is 4.45. The summed E-state index contributed by atoms with van der Waals surface area (Å²) in [5.74, 6) is 0. The number of ether oxygens (including phenoxy) is 1. The quantitative estimate of drug-likeness (QED) is 0.865. The van der Waals surface area contributed by atoms with Crippen molar-refractivity contribution in [1.29, 1.82) is 0 Å². The SMILES string of the molecule is COC1CCCCC1NCc1cnc(C)cn1. The number of hydrogen-bond acceptors (Lipinski definition) is 4. The molecule has 0 radical (unpaired) electrons. The van der Waals surface area contributed by atoms with Crippen LogP contribution < -0.4 is 5.32 Å². The monoisotopic (exact) mass is 235 g/mol. The molecule has 0 bridgehead atoms. The lowest BCUT2D eigenvalue weighted by atomic mass is 9.92. The Morgan fingerprint density at radius 2 is 2.12 bits per heavy atom. The van der Waals surface area contributed by atoms with Gasteiger partial charge in [-0.1, -0.05) is 12.8 Å². The highest BCUT2D eigenvalue weighted by Crippen LogP contribution is 2.20. The van der Waals surface area contributed by atoms with Gasteiger partial charge in [-0.15, -0.1) is 0 Å². The third kappa shape index (κ3) is 3.48. The van der Waals surface area contributed by atoms with Crippen molar-refractivity contribution in [2.45, 2.75) is 51.3 Å². The minimum Gasteiger partial charge on any atom is -0.380 e. The number of aromatic nitrogens is 2. The van der Waals surface area contributed by atoms with E-state index in [1.54, 1.807) is 7.11 Å². The van der Waals surface area contributed by atoms with Crippen LogP contribution in [-0.4, -0.2) is 29.2 Å². The summed E-state index contributed by atoms with van der Waals surface area (Å²) < 4.78 is 5.51. The van der Waals surface area contributed by atoms with Crippen LogP contribution in [0.2, 0.25) is 0 Å². The summed E-state index contributed by atoms with van der Waals surface area (Å²) in [4.78, 5) is 8.60. The maximum absolute atomic E-state index is 5.51. The van der Waals surface area contributed by atoms with Crippen LogP contribution in [-0.2, 0) is 11.3 Å². The van der Waals surface area contributed by atoms with Gasteiger partial charge in [-0.3, -0.25) is 9.97 Å². The second-order valence-electron chi connectivity index (χ2n) is 4.70. The van der Waals surface area contributed by atoms with E-state index in [9.17, 15) is 0 Å². The number of methoxy groups -OCH3 is 1. The molecule has 0 spiro atoms. The first-order chi connectivity index (χ1) is 8.29. The van der Waals surface area contributed by atoms with Gasteiger partial charge in [-0.05, 0) is 19.8 Å². The number of nitrogens with one attached hydrogen (secondary N) is 1. The van der Waals surface area contributed by atoms with E-state index in [4.69, 9.17) is 4.74 Å². The molecule has 2 rings (SSSR count). The molecule has 1 aromatic heterocycles. The molecule has 1 fully saturated rings. The van der Waals surface area contributed by atoms with Crippen LogP contribution in [0.25, 0.3) is 0 Å². The lowest BCUT2D eigenvalue weighted by Crippen LogP contribution is -2.42. The van der Waals surface area contributed by atoms with Crippen LogP contribution in [0, 0.1) is 6.92 Å². The molecule has 1 aliphatic carbocycles. The summed E-state index contributed by atoms with van der Waals surface area (Å²) in [6.45, 7) is 2.73. The van der Waals surface area contributed by atoms with Gasteiger partial charge in [-0.2, -0.15) is 0 Å². The average molecular weight is 235 g/mol. The highest BCUT2D eigenvalue weighted by molar-refractivity contribution is 5.00. The highest BCUT2D eigenvalue weighted by atomic mass is 16.5. The standard InChI is InChI=1S/C13H21N3O/c1-10-7-15-11(8-14-10)9-16-12-5-3-4-6-13(12)17-2/h7-8,12-13,16H,3-6,9H2,1-2H3. The van der Waals surface area contributed by atoms with E-state index in [0.717, 1.165) is 24.4 Å². The Morgan fingerprint density at radius 3 is 2.82 bits per heavy atom. The topological polar surface area (TPSA) is 47.0 Å². The lowest BCUT2D eigenvalue weighted by molar-refractivity contribution is 0.0412. The fourth-order valence-electron chi connectivity index (χ4n) is 2.36. The highest BCUT2D eigenvalue weighted by Gasteiger charge is 2.24. The molecule has 4 nitrogen and oxygen atoms in total. The van der Waals surface area contributed by atoms with Crippen molar-refractivity contribution in [3.05, 3.63) is 23.8 Å². The van der Waals surface area contributed by atoms with Crippen molar-refractivity contribution >= 4 is 0 Å². The van der Waals surface area contributed by atoms with Crippen LogP contribution in [0.1, 0.15) is 37.1 Å². The van der Waals surface area contributed by atoms with E-state index in [-0.39, 0.29) is 0 Å². The second kappa shape index (κ2) is 6.07. The summed E-state index contributed by atoms with van der Waals surface area (Å²) >= 11 is 0. The Bertz CT molecular complexity index is 339. The van der Waals surface area contributed by atoms with Crippen molar-refractivity contribution in [2.24, 2.45) is 0 Å². The first-order valence-electron chi connectivity index (χ1n) is 6.33. The molecule has 1 heterocycles. The van der Waals surface area contributed by atoms with Crippen LogP contribution in [0.5, 0.6) is 0 Å². The van der Waals surface area contributed by atoms with Crippen LogP contribution >= 0.6 is 0 Å². The fraction of sp³-hybridized carbons (Fsp3) is 0.692. The first kappa shape index (κ1) is 12.5. The van der Waals surface area contributed by atoms with Crippen molar-refractivity contribution in [3.8, 4) is 0 Å². The molecular weight excluding hydrogens is 214 g/mol. The largest absolute Gasteiger partial charge is 0.380 e. The first-order valence-corrected chi connectivity index (χ1v) is 6.33. The average Bonchev–Trinajstić information content (AvgIpc) is 2.38. The predicted molar refractivity (Wildman–Crippen MR) is 66.7 cm³/mol. The van der Waals surface area contributed by atoms with Gasteiger partial charge in [0.2, 0.25) is 0 Å². The van der Waals surface area contributed by atoms with Crippen molar-refractivity contribution < 1.29 is 4.74 Å². The van der Waals surface area contributed by atoms with E-state index in [0.29, 0.717) is 12.1 Å². The molecule has 1 aliphatic rings. The van der Waals surface area contributed by atoms with E-state index < -0.39 is 0 Å². The summed E-state index contributed by atoms with van der Waals surface area (Å²) in [6, 6.07) is 0.455. The molecule has 1 N–H and O–H groups in total. The molecule has 0 saturated heterocycles. The zero-order chi connectivity index (χ0) is 12.1. The minimum absolute atomic E-state index is 0.349. The Balaban J connectivity index is 1.86. The number of nitrogens with zero attached hydrogens (tertiary/aromatic N) is 2. The molecule has 4 heteroatoms. The summed E-state index contributed by atoms with van der Waals surface area (Å²) in [7, 11) is 1.80. The molecule has 2 unspecified atom stereocenters. The Labute approximate surface area is 103 Å². The van der Waals surface area contributed by atoms with Crippen LogP contribution in [0.4, 0.5) is 0 Å². The second-order valence-corrected chi connectivity index (χ2v) is 4.70. The maximum Gasteiger partial charge on any atom is 0.0724 e. The molecule has 1 saturated carbocycles. The molecule has 1 aromatic rings. The van der Waals surface area contributed by atoms with Gasteiger partial charge in [0.05, 0.1) is 17.5 Å². The number of rotatable bonds is 4. The zero-order valence-electron chi connectivity index (χ0n) is 10.6. The van der Waals surface area contributed by atoms with Gasteiger partial charge in [0.15, 0.2) is 0 Å². The molecule has 2 atom stereocenters. The lowest BCUT2D eigenvalue weighted by Gasteiger charge is -2.31. The summed E-state index contributed by atoms with van der Waals surface area (Å²) in [5, 5.41) is 3.53. The summed E-state index contributed by atoms with van der Waals surface area (Å²) in [6.07, 6.45) is 8.92. The van der Waals surface area contributed by atoms with Gasteiger partial charge in [0.25, 0.3) is 0 Å². The van der Waals surface area contributed by atoms with Crippen molar-refractivity contribution in [3.63, 3.8) is 0 Å². The van der Waals surface area contributed by atoms with Crippen LogP contribution in [0.3, 0.4) is 0 Å². The van der Waals surface area contributed by atoms with E-state index in [2.05, 4.69) is 15.3 Å². The predicted octanol–water partition coefficient (Wildman–Crippen LogP) is 1.83. The molecule has 0 aliphatic heterocycles. The maximum atomic E-state index is 5.51. The molecule has 17 heavy (non-hydrogen) atoms. The fourth-order valence-corrected chi connectivity index (χ4v) is 2.36. The molecular formula is C13H21N3O. The summed E-state index contributed by atoms with van der Waals surface area (Å²) in [5.41, 5.74) is 1.96. The third-order valence-corrected chi connectivity index (χ3v) is 3.39. The number of aryl methyl sites for hydroxylation is 1. The van der Waals surface area contributed by atoms with E-state index in [1.165, 1.54) is 19.3 Å². The van der Waals surface area contributed by atoms with Gasteiger partial charge < -0.3 is 10.1 Å². The minimum atomic E-state index is 0.349. The van der Waals surface area contributed by atoms with Gasteiger partial charge in [-0.25, -0.2) is 0 Å². The molecule has 0 amide bonds. The number of hydrogen-bond donors (Lipinski definition) is 1. The Hall–Kier alpha value is -1.00. The normalized spacial score (nSPS) is 24.8. The van der Waals surface area contributed by atoms with E-state index >= 15 is 0 Å². The zero-order valence-corrected chi connectivity index (χ0v) is 10.6. The van der Waals surface area contributed by atoms with Gasteiger partial charge >= 0.3 is 0 Å². The van der Waals surface area contributed by atoms with Gasteiger partial charge in [0.1, 0.15) is 0 Å². The molecule has 0 aromatic carbocycles. The Morgan fingerprint density at radius 1 is 1.29 bits per heavy atom. The van der Waals surface area contributed by atoms with Gasteiger partial charge in [0, 0.05) is 32.1 Å². The van der Waals surface area contributed by atoms with Crippen LogP contribution in [0.15, 0.2) is 12.4 Å².